The zero-order valence-electron chi connectivity index (χ0n) is 13.2. The van der Waals surface area contributed by atoms with Crippen LogP contribution in [-0.4, -0.2) is 32.1 Å². The summed E-state index contributed by atoms with van der Waals surface area (Å²) in [6.07, 6.45) is 2.37. The van der Waals surface area contributed by atoms with Gasteiger partial charge in [0.1, 0.15) is 0 Å². The smallest absolute Gasteiger partial charge is 0.0316 e. The molecule has 0 amide bonds. The zero-order chi connectivity index (χ0) is 14.3. The lowest BCUT2D eigenvalue weighted by Crippen LogP contribution is -2.25. The van der Waals surface area contributed by atoms with Crippen molar-refractivity contribution < 1.29 is 0 Å². The molecule has 0 aliphatic heterocycles. The van der Waals surface area contributed by atoms with Crippen LogP contribution < -0.4 is 5.32 Å². The first-order valence-electron chi connectivity index (χ1n) is 7.48. The highest BCUT2D eigenvalue weighted by molar-refractivity contribution is 5.25. The van der Waals surface area contributed by atoms with Gasteiger partial charge in [0.05, 0.1) is 0 Å². The topological polar surface area (TPSA) is 15.3 Å². The zero-order valence-corrected chi connectivity index (χ0v) is 13.2. The van der Waals surface area contributed by atoms with E-state index < -0.39 is 0 Å². The van der Waals surface area contributed by atoms with Crippen molar-refractivity contribution in [2.24, 2.45) is 5.92 Å². The molecule has 0 saturated heterocycles. The molecule has 2 heteroatoms. The van der Waals surface area contributed by atoms with Gasteiger partial charge in [0.2, 0.25) is 0 Å². The number of nitrogens with one attached hydrogen (secondary N) is 1. The Bertz CT molecular complexity index is 343. The van der Waals surface area contributed by atoms with Crippen molar-refractivity contribution in [2.75, 3.05) is 27.2 Å². The summed E-state index contributed by atoms with van der Waals surface area (Å²) in [6.45, 7) is 9.05. The van der Waals surface area contributed by atoms with E-state index in [2.05, 4.69) is 62.3 Å². The third-order valence-electron chi connectivity index (χ3n) is 3.70. The lowest BCUT2D eigenvalue weighted by Gasteiger charge is -2.25. The van der Waals surface area contributed by atoms with Crippen molar-refractivity contribution in [3.8, 4) is 0 Å². The molecular weight excluding hydrogens is 232 g/mol. The van der Waals surface area contributed by atoms with Crippen molar-refractivity contribution in [3.63, 3.8) is 0 Å². The molecule has 1 N–H and O–H groups in total. The van der Waals surface area contributed by atoms with Crippen LogP contribution in [0, 0.1) is 5.92 Å². The van der Waals surface area contributed by atoms with Crippen LogP contribution in [-0.2, 0) is 6.42 Å². The lowest BCUT2D eigenvalue weighted by atomic mass is 9.99. The van der Waals surface area contributed by atoms with Crippen LogP contribution in [0.2, 0.25) is 0 Å². The summed E-state index contributed by atoms with van der Waals surface area (Å²) in [7, 11) is 4.22. The maximum Gasteiger partial charge on any atom is 0.0316 e. The van der Waals surface area contributed by atoms with E-state index in [0.717, 1.165) is 19.0 Å². The molecule has 1 aromatic rings. The van der Waals surface area contributed by atoms with Crippen molar-refractivity contribution >= 4 is 0 Å². The highest BCUT2D eigenvalue weighted by Crippen LogP contribution is 2.20. The molecule has 0 spiro atoms. The molecule has 2 nitrogen and oxygen atoms in total. The molecule has 1 rings (SSSR count). The molecule has 19 heavy (non-hydrogen) atoms. The second-order valence-corrected chi connectivity index (χ2v) is 5.95. The van der Waals surface area contributed by atoms with Gasteiger partial charge in [-0.25, -0.2) is 0 Å². The van der Waals surface area contributed by atoms with Crippen molar-refractivity contribution in [2.45, 2.75) is 39.7 Å². The average molecular weight is 262 g/mol. The predicted octanol–water partition coefficient (Wildman–Crippen LogP) is 3.49. The fourth-order valence-electron chi connectivity index (χ4n) is 2.36. The summed E-state index contributed by atoms with van der Waals surface area (Å²) in [6, 6.07) is 9.64. The number of nitrogens with zero attached hydrogens (tertiary/aromatic N) is 1. The van der Waals surface area contributed by atoms with Gasteiger partial charge in [0.25, 0.3) is 0 Å². The molecule has 0 aliphatic rings. The second-order valence-electron chi connectivity index (χ2n) is 5.95. The minimum absolute atomic E-state index is 0.491. The summed E-state index contributed by atoms with van der Waals surface area (Å²) in [4.78, 5) is 2.43. The molecule has 1 aromatic carbocycles. The van der Waals surface area contributed by atoms with Crippen LogP contribution in [0.25, 0.3) is 0 Å². The summed E-state index contributed by atoms with van der Waals surface area (Å²) in [5.41, 5.74) is 2.86. The van der Waals surface area contributed by atoms with Crippen LogP contribution in [0.1, 0.15) is 44.4 Å². The van der Waals surface area contributed by atoms with Gasteiger partial charge in [-0.05, 0) is 64.0 Å². The van der Waals surface area contributed by atoms with Gasteiger partial charge in [-0.2, -0.15) is 0 Å². The fourth-order valence-corrected chi connectivity index (χ4v) is 2.36. The van der Waals surface area contributed by atoms with Crippen LogP contribution in [0.15, 0.2) is 24.3 Å². The molecule has 1 atom stereocenters. The maximum atomic E-state index is 3.20. The van der Waals surface area contributed by atoms with Gasteiger partial charge < -0.3 is 5.32 Å². The first-order chi connectivity index (χ1) is 9.04. The summed E-state index contributed by atoms with van der Waals surface area (Å²) >= 11 is 0. The standard InChI is InChI=1S/C17H30N2/c1-14(2)13-16-7-9-17(10-8-16)15(3)19(5)12-6-11-18-4/h7-10,14-15,18H,6,11-13H2,1-5H3. The largest absolute Gasteiger partial charge is 0.320 e. The molecule has 108 valence electrons. The van der Waals surface area contributed by atoms with E-state index in [1.807, 2.05) is 7.05 Å². The van der Waals surface area contributed by atoms with E-state index in [4.69, 9.17) is 0 Å². The van der Waals surface area contributed by atoms with Gasteiger partial charge in [0, 0.05) is 6.04 Å². The Morgan fingerprint density at radius 3 is 2.26 bits per heavy atom. The molecular formula is C17H30N2. The quantitative estimate of drug-likeness (QED) is 0.722. The summed E-state index contributed by atoms with van der Waals surface area (Å²) in [5.74, 6) is 0.729. The third kappa shape index (κ3) is 5.75. The highest BCUT2D eigenvalue weighted by atomic mass is 15.1. The molecule has 0 saturated carbocycles. The average Bonchev–Trinajstić information content (AvgIpc) is 2.38. The van der Waals surface area contributed by atoms with Crippen molar-refractivity contribution in [3.05, 3.63) is 35.4 Å². The molecule has 0 aliphatic carbocycles. The van der Waals surface area contributed by atoms with Gasteiger partial charge in [0.15, 0.2) is 0 Å². The number of rotatable bonds is 8. The van der Waals surface area contributed by atoms with Gasteiger partial charge in [-0.3, -0.25) is 4.90 Å². The normalized spacial score (nSPS) is 13.2. The Morgan fingerprint density at radius 1 is 1.11 bits per heavy atom. The molecule has 1 unspecified atom stereocenters. The second kappa shape index (κ2) is 8.34. The van der Waals surface area contributed by atoms with E-state index in [-0.39, 0.29) is 0 Å². The van der Waals surface area contributed by atoms with Crippen LogP contribution >= 0.6 is 0 Å². The minimum atomic E-state index is 0.491. The molecule has 0 heterocycles. The maximum absolute atomic E-state index is 3.20. The molecule has 0 bridgehead atoms. The van der Waals surface area contributed by atoms with Crippen LogP contribution in [0.3, 0.4) is 0 Å². The lowest BCUT2D eigenvalue weighted by molar-refractivity contribution is 0.258. The Labute approximate surface area is 119 Å². The third-order valence-corrected chi connectivity index (χ3v) is 3.70. The minimum Gasteiger partial charge on any atom is -0.320 e. The summed E-state index contributed by atoms with van der Waals surface area (Å²) in [5, 5.41) is 3.20. The van der Waals surface area contributed by atoms with E-state index in [9.17, 15) is 0 Å². The SMILES string of the molecule is CNCCCN(C)C(C)c1ccc(CC(C)C)cc1. The van der Waals surface area contributed by atoms with Gasteiger partial charge in [-0.15, -0.1) is 0 Å². The van der Waals surface area contributed by atoms with Gasteiger partial charge in [-0.1, -0.05) is 38.1 Å². The van der Waals surface area contributed by atoms with E-state index in [1.54, 1.807) is 0 Å². The Balaban J connectivity index is 2.54. The number of hydrogen-bond acceptors (Lipinski definition) is 2. The van der Waals surface area contributed by atoms with Gasteiger partial charge >= 0.3 is 0 Å². The molecule has 0 fully saturated rings. The summed E-state index contributed by atoms with van der Waals surface area (Å²) < 4.78 is 0. The van der Waals surface area contributed by atoms with Crippen LogP contribution in [0.4, 0.5) is 0 Å². The van der Waals surface area contributed by atoms with Crippen molar-refractivity contribution in [1.82, 2.24) is 10.2 Å². The number of benzene rings is 1. The van der Waals surface area contributed by atoms with Crippen molar-refractivity contribution in [1.29, 1.82) is 0 Å². The first-order valence-corrected chi connectivity index (χ1v) is 7.48. The Kier molecular flexibility index (Phi) is 7.11. The predicted molar refractivity (Wildman–Crippen MR) is 84.6 cm³/mol. The highest BCUT2D eigenvalue weighted by Gasteiger charge is 2.11. The first kappa shape index (κ1) is 16.2. The molecule has 0 aromatic heterocycles. The number of hydrogen-bond donors (Lipinski definition) is 1. The van der Waals surface area contributed by atoms with E-state index in [0.29, 0.717) is 6.04 Å². The van der Waals surface area contributed by atoms with Crippen LogP contribution in [0.5, 0.6) is 0 Å². The Morgan fingerprint density at radius 2 is 1.74 bits per heavy atom. The van der Waals surface area contributed by atoms with E-state index >= 15 is 0 Å². The molecule has 0 radical (unpaired) electrons. The Hall–Kier alpha value is -0.860. The fraction of sp³-hybridized carbons (Fsp3) is 0.647. The monoisotopic (exact) mass is 262 g/mol. The van der Waals surface area contributed by atoms with E-state index in [1.165, 1.54) is 24.0 Å².